The molecule has 1 aromatic carbocycles. The zero-order chi connectivity index (χ0) is 19.1. The maximum atomic E-state index is 14.8. The van der Waals surface area contributed by atoms with Crippen molar-refractivity contribution in [2.24, 2.45) is 7.05 Å². The Hall–Kier alpha value is -2.96. The van der Waals surface area contributed by atoms with E-state index in [1.807, 2.05) is 4.90 Å². The van der Waals surface area contributed by atoms with Gasteiger partial charge in [-0.05, 0) is 31.9 Å². The van der Waals surface area contributed by atoms with Gasteiger partial charge >= 0.3 is 5.97 Å². The topological polar surface area (TPSA) is 64.4 Å². The molecule has 0 aliphatic carbocycles. The molecule has 4 rings (SSSR count). The number of hydrogen-bond donors (Lipinski definition) is 0. The lowest BCUT2D eigenvalue weighted by atomic mass is 10.1. The first-order valence-corrected chi connectivity index (χ1v) is 9.05. The number of nitrogens with zero attached hydrogens (tertiary/aromatic N) is 3. The fourth-order valence-electron chi connectivity index (χ4n) is 3.71. The van der Waals surface area contributed by atoms with Gasteiger partial charge in [-0.2, -0.15) is 0 Å². The van der Waals surface area contributed by atoms with Crippen molar-refractivity contribution < 1.29 is 13.9 Å². The number of esters is 1. The van der Waals surface area contributed by atoms with Gasteiger partial charge in [-0.25, -0.2) is 9.18 Å². The van der Waals surface area contributed by atoms with Crippen molar-refractivity contribution >= 4 is 33.5 Å². The standard InChI is InChI=1S/C20H20FN3O3/c1-3-27-20(26)13-11-23(2)17-10-22-15-9-16(24-6-4-5-7-24)14(21)8-12(15)18(17)19(13)25/h8-11H,3-7H2,1-2H3. The molecular formula is C20H20FN3O3. The van der Waals surface area contributed by atoms with Gasteiger partial charge in [0.1, 0.15) is 11.4 Å². The third kappa shape index (κ3) is 2.83. The Morgan fingerprint density at radius 2 is 2.04 bits per heavy atom. The molecule has 3 heterocycles. The molecule has 0 N–H and O–H groups in total. The minimum atomic E-state index is -0.681. The predicted molar refractivity (Wildman–Crippen MR) is 102 cm³/mol. The Labute approximate surface area is 155 Å². The second-order valence-corrected chi connectivity index (χ2v) is 6.74. The monoisotopic (exact) mass is 369 g/mol. The molecule has 0 atom stereocenters. The molecule has 140 valence electrons. The number of aryl methyl sites for hydroxylation is 1. The molecule has 6 nitrogen and oxygen atoms in total. The molecule has 2 aromatic heterocycles. The zero-order valence-electron chi connectivity index (χ0n) is 15.3. The van der Waals surface area contributed by atoms with E-state index in [0.717, 1.165) is 25.9 Å². The van der Waals surface area contributed by atoms with Crippen LogP contribution in [0.2, 0.25) is 0 Å². The minimum absolute atomic E-state index is 0.0663. The third-order valence-corrected chi connectivity index (χ3v) is 5.03. The number of carbonyl (C=O) groups is 1. The number of anilines is 1. The van der Waals surface area contributed by atoms with Crippen LogP contribution in [-0.2, 0) is 11.8 Å². The third-order valence-electron chi connectivity index (χ3n) is 5.03. The molecule has 3 aromatic rings. The zero-order valence-corrected chi connectivity index (χ0v) is 15.3. The lowest BCUT2D eigenvalue weighted by Crippen LogP contribution is -2.21. The average molecular weight is 369 g/mol. The molecule has 0 radical (unpaired) electrons. The molecule has 1 aliphatic rings. The van der Waals surface area contributed by atoms with E-state index in [1.165, 1.54) is 12.3 Å². The van der Waals surface area contributed by atoms with Crippen LogP contribution in [0.1, 0.15) is 30.1 Å². The molecule has 0 amide bonds. The van der Waals surface area contributed by atoms with Crippen molar-refractivity contribution in [1.82, 2.24) is 9.55 Å². The number of hydrogen-bond acceptors (Lipinski definition) is 5. The number of carbonyl (C=O) groups excluding carboxylic acids is 1. The Morgan fingerprint density at radius 3 is 2.74 bits per heavy atom. The van der Waals surface area contributed by atoms with Crippen molar-refractivity contribution in [2.75, 3.05) is 24.6 Å². The van der Waals surface area contributed by atoms with Crippen LogP contribution >= 0.6 is 0 Å². The molecule has 0 bridgehead atoms. The normalized spacial score (nSPS) is 14.3. The van der Waals surface area contributed by atoms with Crippen LogP contribution in [0.4, 0.5) is 10.1 Å². The summed E-state index contributed by atoms with van der Waals surface area (Å²) < 4.78 is 21.5. The van der Waals surface area contributed by atoms with E-state index < -0.39 is 11.4 Å². The van der Waals surface area contributed by atoms with Gasteiger partial charge in [-0.15, -0.1) is 0 Å². The van der Waals surface area contributed by atoms with E-state index in [1.54, 1.807) is 30.8 Å². The van der Waals surface area contributed by atoms with Gasteiger partial charge in [0.05, 0.1) is 34.9 Å². The quantitative estimate of drug-likeness (QED) is 0.525. The van der Waals surface area contributed by atoms with E-state index in [-0.39, 0.29) is 23.4 Å². The van der Waals surface area contributed by atoms with Crippen molar-refractivity contribution in [3.05, 3.63) is 46.1 Å². The van der Waals surface area contributed by atoms with Crippen molar-refractivity contribution in [2.45, 2.75) is 19.8 Å². The largest absolute Gasteiger partial charge is 0.462 e. The molecule has 0 unspecified atom stereocenters. The number of benzene rings is 1. The molecule has 0 saturated carbocycles. The summed E-state index contributed by atoms with van der Waals surface area (Å²) in [6.45, 7) is 3.47. The van der Waals surface area contributed by atoms with Crippen LogP contribution in [0, 0.1) is 5.82 Å². The van der Waals surface area contributed by atoms with Crippen molar-refractivity contribution in [3.63, 3.8) is 0 Å². The number of pyridine rings is 2. The van der Waals surface area contributed by atoms with Gasteiger partial charge < -0.3 is 14.2 Å². The van der Waals surface area contributed by atoms with Gasteiger partial charge in [-0.3, -0.25) is 9.78 Å². The van der Waals surface area contributed by atoms with Gasteiger partial charge in [0.25, 0.3) is 0 Å². The van der Waals surface area contributed by atoms with Gasteiger partial charge in [-0.1, -0.05) is 0 Å². The summed E-state index contributed by atoms with van der Waals surface area (Å²) in [5.41, 5.74) is 1.04. The summed E-state index contributed by atoms with van der Waals surface area (Å²) in [4.78, 5) is 31.6. The first-order chi connectivity index (χ1) is 13.0. The van der Waals surface area contributed by atoms with E-state index in [0.29, 0.717) is 22.1 Å². The summed E-state index contributed by atoms with van der Waals surface area (Å²) in [5, 5.41) is 0.680. The molecule has 0 spiro atoms. The smallest absolute Gasteiger partial charge is 0.343 e. The second-order valence-electron chi connectivity index (χ2n) is 6.74. The fourth-order valence-corrected chi connectivity index (χ4v) is 3.71. The average Bonchev–Trinajstić information content (AvgIpc) is 3.18. The predicted octanol–water partition coefficient (Wildman–Crippen LogP) is 3.00. The summed E-state index contributed by atoms with van der Waals surface area (Å²) in [7, 11) is 1.72. The van der Waals surface area contributed by atoms with Crippen LogP contribution in [0.3, 0.4) is 0 Å². The highest BCUT2D eigenvalue weighted by atomic mass is 19.1. The first kappa shape index (κ1) is 17.5. The van der Waals surface area contributed by atoms with Crippen LogP contribution in [0.15, 0.2) is 29.3 Å². The van der Waals surface area contributed by atoms with Crippen LogP contribution in [0.25, 0.3) is 21.8 Å². The van der Waals surface area contributed by atoms with E-state index >= 15 is 0 Å². The number of ether oxygens (including phenoxy) is 1. The van der Waals surface area contributed by atoms with Crippen LogP contribution in [-0.4, -0.2) is 35.2 Å². The molecule has 7 heteroatoms. The van der Waals surface area contributed by atoms with Gasteiger partial charge in [0.15, 0.2) is 0 Å². The highest BCUT2D eigenvalue weighted by Gasteiger charge is 2.21. The highest BCUT2D eigenvalue weighted by Crippen LogP contribution is 2.30. The molecule has 1 saturated heterocycles. The highest BCUT2D eigenvalue weighted by molar-refractivity contribution is 6.07. The summed E-state index contributed by atoms with van der Waals surface area (Å²) in [6, 6.07) is 3.04. The summed E-state index contributed by atoms with van der Waals surface area (Å²) >= 11 is 0. The number of fused-ring (bicyclic) bond motifs is 3. The number of rotatable bonds is 3. The van der Waals surface area contributed by atoms with E-state index in [2.05, 4.69) is 4.98 Å². The molecular weight excluding hydrogens is 349 g/mol. The molecule has 1 fully saturated rings. The van der Waals surface area contributed by atoms with Crippen molar-refractivity contribution in [1.29, 1.82) is 0 Å². The summed E-state index contributed by atoms with van der Waals surface area (Å²) in [6.07, 6.45) is 5.09. The number of aromatic nitrogens is 2. The lowest BCUT2D eigenvalue weighted by Gasteiger charge is -2.19. The van der Waals surface area contributed by atoms with E-state index in [9.17, 15) is 14.0 Å². The van der Waals surface area contributed by atoms with Crippen LogP contribution in [0.5, 0.6) is 0 Å². The van der Waals surface area contributed by atoms with Crippen LogP contribution < -0.4 is 10.3 Å². The number of halogens is 1. The Bertz CT molecular complexity index is 1120. The Balaban J connectivity index is 2.00. The minimum Gasteiger partial charge on any atom is -0.462 e. The molecule has 27 heavy (non-hydrogen) atoms. The van der Waals surface area contributed by atoms with Gasteiger partial charge in [0, 0.05) is 31.7 Å². The fraction of sp³-hybridized carbons (Fsp3) is 0.350. The Morgan fingerprint density at radius 1 is 1.30 bits per heavy atom. The van der Waals surface area contributed by atoms with Crippen molar-refractivity contribution in [3.8, 4) is 0 Å². The Kier molecular flexibility index (Phi) is 4.30. The maximum absolute atomic E-state index is 14.8. The first-order valence-electron chi connectivity index (χ1n) is 9.05. The second kappa shape index (κ2) is 6.64. The van der Waals surface area contributed by atoms with E-state index in [4.69, 9.17) is 4.74 Å². The maximum Gasteiger partial charge on any atom is 0.343 e. The molecule has 1 aliphatic heterocycles. The summed E-state index contributed by atoms with van der Waals surface area (Å²) in [5.74, 6) is -1.07. The SMILES string of the molecule is CCOC(=O)c1cn(C)c2cnc3cc(N4CCCC4)c(F)cc3c2c1=O. The van der Waals surface area contributed by atoms with Gasteiger partial charge in [0.2, 0.25) is 5.43 Å². The lowest BCUT2D eigenvalue weighted by molar-refractivity contribution is 0.0524.